The van der Waals surface area contributed by atoms with Crippen LogP contribution in [0, 0.1) is 17.8 Å². The SMILES string of the molecule is CC1CCC(C(=O)/C=C/C2CCC(OCC(F)(F)C(F)(F)F)CC2)CC1. The quantitative estimate of drug-likeness (QED) is 0.434. The Hall–Kier alpha value is -0.980. The van der Waals surface area contributed by atoms with E-state index in [-0.39, 0.29) is 17.6 Å². The Balaban J connectivity index is 1.70. The number of allylic oxidation sites excluding steroid dienone is 2. The van der Waals surface area contributed by atoms with Gasteiger partial charge >= 0.3 is 12.1 Å². The van der Waals surface area contributed by atoms with Gasteiger partial charge in [-0.3, -0.25) is 4.79 Å². The first-order valence-electron chi connectivity index (χ1n) is 9.36. The second-order valence-electron chi connectivity index (χ2n) is 7.77. The molecule has 0 unspecified atom stereocenters. The third-order valence-electron chi connectivity index (χ3n) is 5.58. The van der Waals surface area contributed by atoms with Gasteiger partial charge in [-0.05, 0) is 56.4 Å². The molecule has 150 valence electrons. The van der Waals surface area contributed by atoms with Crippen LogP contribution in [-0.2, 0) is 9.53 Å². The van der Waals surface area contributed by atoms with E-state index >= 15 is 0 Å². The van der Waals surface area contributed by atoms with Crippen LogP contribution in [0.4, 0.5) is 22.0 Å². The average Bonchev–Trinajstić information content (AvgIpc) is 2.58. The van der Waals surface area contributed by atoms with Gasteiger partial charge in [-0.1, -0.05) is 25.8 Å². The van der Waals surface area contributed by atoms with Crippen molar-refractivity contribution in [3.8, 4) is 0 Å². The highest BCUT2D eigenvalue weighted by Crippen LogP contribution is 2.37. The molecule has 2 nitrogen and oxygen atoms in total. The van der Waals surface area contributed by atoms with Crippen molar-refractivity contribution >= 4 is 5.78 Å². The lowest BCUT2D eigenvalue weighted by Crippen LogP contribution is -2.42. The van der Waals surface area contributed by atoms with Crippen molar-refractivity contribution in [2.24, 2.45) is 17.8 Å². The summed E-state index contributed by atoms with van der Waals surface area (Å²) < 4.78 is 66.9. The maximum Gasteiger partial charge on any atom is 0.455 e. The normalized spacial score (nSPS) is 31.3. The van der Waals surface area contributed by atoms with Crippen molar-refractivity contribution in [3.63, 3.8) is 0 Å². The number of hydrogen-bond donors (Lipinski definition) is 0. The van der Waals surface area contributed by atoms with Crippen LogP contribution in [0.25, 0.3) is 0 Å². The molecule has 0 N–H and O–H groups in total. The predicted molar refractivity (Wildman–Crippen MR) is 88.0 cm³/mol. The Morgan fingerprint density at radius 1 is 0.962 bits per heavy atom. The molecule has 0 aromatic heterocycles. The minimum atomic E-state index is -5.58. The van der Waals surface area contributed by atoms with Gasteiger partial charge in [-0.15, -0.1) is 0 Å². The largest absolute Gasteiger partial charge is 0.455 e. The average molecular weight is 382 g/mol. The van der Waals surface area contributed by atoms with Gasteiger partial charge in [-0.2, -0.15) is 22.0 Å². The fourth-order valence-corrected chi connectivity index (χ4v) is 3.66. The maximum atomic E-state index is 12.9. The van der Waals surface area contributed by atoms with Gasteiger partial charge in [0.05, 0.1) is 6.10 Å². The van der Waals surface area contributed by atoms with Gasteiger partial charge in [0.15, 0.2) is 5.78 Å². The number of ketones is 1. The lowest BCUT2D eigenvalue weighted by Gasteiger charge is -2.29. The lowest BCUT2D eigenvalue weighted by atomic mass is 9.80. The number of ether oxygens (including phenoxy) is 1. The molecule has 0 bridgehead atoms. The molecule has 0 aromatic carbocycles. The minimum Gasteiger partial charge on any atom is -0.372 e. The summed E-state index contributed by atoms with van der Waals surface area (Å²) in [6.45, 7) is 0.571. The highest BCUT2D eigenvalue weighted by Gasteiger charge is 2.57. The summed E-state index contributed by atoms with van der Waals surface area (Å²) in [4.78, 5) is 12.2. The van der Waals surface area contributed by atoms with Crippen LogP contribution < -0.4 is 0 Å². The van der Waals surface area contributed by atoms with E-state index in [2.05, 4.69) is 6.92 Å². The summed E-state index contributed by atoms with van der Waals surface area (Å²) in [6, 6.07) is 0. The standard InChI is InChI=1S/C19H27F5O2/c1-13-2-7-15(8-3-13)17(25)11-6-14-4-9-16(10-5-14)26-12-18(20,21)19(22,23)24/h6,11,13-16H,2-5,7-10,12H2,1H3/b11-6+. The zero-order valence-corrected chi connectivity index (χ0v) is 15.0. The number of carbonyl (C=O) groups is 1. The third-order valence-corrected chi connectivity index (χ3v) is 5.58. The van der Waals surface area contributed by atoms with Crippen LogP contribution in [0.1, 0.15) is 58.3 Å². The third kappa shape index (κ3) is 6.03. The molecule has 0 heterocycles. The van der Waals surface area contributed by atoms with E-state index in [4.69, 9.17) is 4.74 Å². The van der Waals surface area contributed by atoms with E-state index in [0.29, 0.717) is 31.6 Å². The maximum absolute atomic E-state index is 12.9. The fraction of sp³-hybridized carbons (Fsp3) is 0.842. The van der Waals surface area contributed by atoms with Crippen LogP contribution in [0.15, 0.2) is 12.2 Å². The molecule has 2 rings (SSSR count). The van der Waals surface area contributed by atoms with Crippen LogP contribution in [-0.4, -0.2) is 30.6 Å². The molecule has 0 aliphatic heterocycles. The molecule has 0 radical (unpaired) electrons. The van der Waals surface area contributed by atoms with E-state index in [1.54, 1.807) is 6.08 Å². The Morgan fingerprint density at radius 2 is 1.54 bits per heavy atom. The van der Waals surface area contributed by atoms with Crippen LogP contribution in [0.5, 0.6) is 0 Å². The molecule has 0 atom stereocenters. The van der Waals surface area contributed by atoms with E-state index in [9.17, 15) is 26.7 Å². The van der Waals surface area contributed by atoms with Crippen molar-refractivity contribution in [1.82, 2.24) is 0 Å². The lowest BCUT2D eigenvalue weighted by molar-refractivity contribution is -0.300. The molecular formula is C19H27F5O2. The Bertz CT molecular complexity index is 485. The summed E-state index contributed by atoms with van der Waals surface area (Å²) in [7, 11) is 0. The van der Waals surface area contributed by atoms with Crippen LogP contribution in [0.3, 0.4) is 0 Å². The predicted octanol–water partition coefficient (Wildman–Crippen LogP) is 5.71. The second kappa shape index (κ2) is 8.81. The van der Waals surface area contributed by atoms with Gasteiger partial charge < -0.3 is 4.74 Å². The molecule has 2 aliphatic rings. The Kier molecular flexibility index (Phi) is 7.22. The fourth-order valence-electron chi connectivity index (χ4n) is 3.66. The first-order chi connectivity index (χ1) is 12.1. The van der Waals surface area contributed by atoms with E-state index in [1.165, 1.54) is 0 Å². The zero-order chi connectivity index (χ0) is 19.4. The van der Waals surface area contributed by atoms with E-state index in [1.807, 2.05) is 6.08 Å². The van der Waals surface area contributed by atoms with Crippen molar-refractivity contribution in [2.45, 2.75) is 76.5 Å². The number of hydrogen-bond acceptors (Lipinski definition) is 2. The molecule has 2 aliphatic carbocycles. The summed E-state index contributed by atoms with van der Waals surface area (Å²) in [5, 5.41) is 0. The van der Waals surface area contributed by atoms with Crippen molar-refractivity contribution in [1.29, 1.82) is 0 Å². The first-order valence-corrected chi connectivity index (χ1v) is 9.36. The van der Waals surface area contributed by atoms with Crippen molar-refractivity contribution in [2.75, 3.05) is 6.61 Å². The van der Waals surface area contributed by atoms with Gasteiger partial charge in [0.1, 0.15) is 6.61 Å². The smallest absolute Gasteiger partial charge is 0.372 e. The van der Waals surface area contributed by atoms with Crippen LogP contribution in [0.2, 0.25) is 0 Å². The summed E-state index contributed by atoms with van der Waals surface area (Å²) in [5.74, 6) is -3.72. The number of halogens is 5. The molecule has 2 saturated carbocycles. The highest BCUT2D eigenvalue weighted by atomic mass is 19.4. The van der Waals surface area contributed by atoms with Gasteiger partial charge in [-0.25, -0.2) is 0 Å². The van der Waals surface area contributed by atoms with Gasteiger partial charge in [0, 0.05) is 5.92 Å². The molecule has 0 spiro atoms. The second-order valence-corrected chi connectivity index (χ2v) is 7.77. The molecule has 0 saturated heterocycles. The van der Waals surface area contributed by atoms with Gasteiger partial charge in [0.25, 0.3) is 0 Å². The first kappa shape index (κ1) is 21.3. The number of alkyl halides is 5. The molecule has 7 heteroatoms. The summed E-state index contributed by atoms with van der Waals surface area (Å²) >= 11 is 0. The number of carbonyl (C=O) groups excluding carboxylic acids is 1. The van der Waals surface area contributed by atoms with Crippen molar-refractivity contribution < 1.29 is 31.5 Å². The summed E-state index contributed by atoms with van der Waals surface area (Å²) in [6.07, 6.45) is 3.50. The highest BCUT2D eigenvalue weighted by molar-refractivity contribution is 5.91. The minimum absolute atomic E-state index is 0.103. The zero-order valence-electron chi connectivity index (χ0n) is 15.0. The van der Waals surface area contributed by atoms with Gasteiger partial charge in [0.2, 0.25) is 0 Å². The Labute approximate surface area is 151 Å². The van der Waals surface area contributed by atoms with E-state index in [0.717, 1.165) is 25.7 Å². The van der Waals surface area contributed by atoms with E-state index < -0.39 is 24.8 Å². The Morgan fingerprint density at radius 3 is 2.08 bits per heavy atom. The molecule has 0 amide bonds. The van der Waals surface area contributed by atoms with Crippen LogP contribution >= 0.6 is 0 Å². The molecule has 26 heavy (non-hydrogen) atoms. The monoisotopic (exact) mass is 382 g/mol. The topological polar surface area (TPSA) is 26.3 Å². The molecular weight excluding hydrogens is 355 g/mol. The summed E-state index contributed by atoms with van der Waals surface area (Å²) in [5.41, 5.74) is 0. The van der Waals surface area contributed by atoms with Crippen molar-refractivity contribution in [3.05, 3.63) is 12.2 Å². The molecule has 0 aromatic rings. The number of rotatable bonds is 6. The molecule has 2 fully saturated rings.